The predicted octanol–water partition coefficient (Wildman–Crippen LogP) is 2.79. The highest BCUT2D eigenvalue weighted by molar-refractivity contribution is 9.10. The fraction of sp³-hybridized carbons (Fsp3) is 0.0769. The number of carbonyl (C=O) groups excluding carboxylic acids is 2. The van der Waals surface area contributed by atoms with Crippen molar-refractivity contribution in [3.63, 3.8) is 0 Å². The minimum atomic E-state index is -0.645. The Morgan fingerprint density at radius 3 is 2.44 bits per heavy atom. The van der Waals surface area contributed by atoms with Gasteiger partial charge in [-0.05, 0) is 40.2 Å². The largest absolute Gasteiger partial charge is 0.454 e. The van der Waals surface area contributed by atoms with Crippen molar-refractivity contribution in [1.82, 2.24) is 0 Å². The molecule has 0 atom stereocenters. The van der Waals surface area contributed by atoms with E-state index < -0.39 is 11.7 Å². The third-order valence-corrected chi connectivity index (χ3v) is 2.67. The molecule has 92 valence electrons. The normalized spacial score (nSPS) is 10.1. The SMILES string of the molecule is O=C(Cc1ccc(Br)o1)C(=O)Nc1ccccc1. The number of anilines is 1. The maximum Gasteiger partial charge on any atom is 0.292 e. The Morgan fingerprint density at radius 1 is 1.11 bits per heavy atom. The average Bonchev–Trinajstić information content (AvgIpc) is 2.76. The van der Waals surface area contributed by atoms with Crippen molar-refractivity contribution in [2.75, 3.05) is 5.32 Å². The molecule has 18 heavy (non-hydrogen) atoms. The van der Waals surface area contributed by atoms with Gasteiger partial charge >= 0.3 is 0 Å². The molecular weight excluding hydrogens is 298 g/mol. The van der Waals surface area contributed by atoms with Crippen LogP contribution in [0.5, 0.6) is 0 Å². The van der Waals surface area contributed by atoms with Gasteiger partial charge in [0, 0.05) is 5.69 Å². The van der Waals surface area contributed by atoms with E-state index in [0.717, 1.165) is 0 Å². The molecule has 0 bridgehead atoms. The predicted molar refractivity (Wildman–Crippen MR) is 70.2 cm³/mol. The molecule has 4 nitrogen and oxygen atoms in total. The highest BCUT2D eigenvalue weighted by atomic mass is 79.9. The van der Waals surface area contributed by atoms with Gasteiger partial charge in [-0.15, -0.1) is 0 Å². The molecule has 0 saturated heterocycles. The smallest absolute Gasteiger partial charge is 0.292 e. The lowest BCUT2D eigenvalue weighted by Crippen LogP contribution is -2.24. The molecule has 0 aliphatic rings. The van der Waals surface area contributed by atoms with Gasteiger partial charge in [-0.2, -0.15) is 0 Å². The Bertz CT molecular complexity index is 563. The van der Waals surface area contributed by atoms with E-state index in [-0.39, 0.29) is 6.42 Å². The molecule has 0 spiro atoms. The van der Waals surface area contributed by atoms with Crippen molar-refractivity contribution in [2.24, 2.45) is 0 Å². The zero-order valence-electron chi connectivity index (χ0n) is 9.35. The lowest BCUT2D eigenvalue weighted by atomic mass is 10.2. The van der Waals surface area contributed by atoms with Gasteiger partial charge in [0.25, 0.3) is 5.91 Å². The lowest BCUT2D eigenvalue weighted by Gasteiger charge is -2.02. The van der Waals surface area contributed by atoms with E-state index in [1.807, 2.05) is 6.07 Å². The van der Waals surface area contributed by atoms with Crippen LogP contribution in [-0.2, 0) is 16.0 Å². The molecule has 1 N–H and O–H groups in total. The van der Waals surface area contributed by atoms with E-state index in [4.69, 9.17) is 4.42 Å². The number of carbonyl (C=O) groups is 2. The fourth-order valence-corrected chi connectivity index (χ4v) is 1.75. The molecule has 2 rings (SSSR count). The summed E-state index contributed by atoms with van der Waals surface area (Å²) in [4.78, 5) is 23.2. The van der Waals surface area contributed by atoms with E-state index >= 15 is 0 Å². The van der Waals surface area contributed by atoms with Gasteiger partial charge < -0.3 is 9.73 Å². The van der Waals surface area contributed by atoms with Crippen LogP contribution in [0, 0.1) is 0 Å². The number of Topliss-reactive ketones (excluding diaryl/α,β-unsaturated/α-hetero) is 1. The fourth-order valence-electron chi connectivity index (χ4n) is 1.41. The first-order valence-electron chi connectivity index (χ1n) is 5.28. The molecule has 0 unspecified atom stereocenters. The summed E-state index contributed by atoms with van der Waals surface area (Å²) in [7, 11) is 0. The number of rotatable bonds is 4. The monoisotopic (exact) mass is 307 g/mol. The van der Waals surface area contributed by atoms with Crippen molar-refractivity contribution in [3.8, 4) is 0 Å². The third kappa shape index (κ3) is 3.30. The highest BCUT2D eigenvalue weighted by Crippen LogP contribution is 2.14. The van der Waals surface area contributed by atoms with E-state index in [2.05, 4.69) is 21.2 Å². The summed E-state index contributed by atoms with van der Waals surface area (Å²) in [5.74, 6) is -0.732. The second kappa shape index (κ2) is 5.64. The molecule has 0 radical (unpaired) electrons. The van der Waals surface area contributed by atoms with Crippen molar-refractivity contribution in [3.05, 3.63) is 52.9 Å². The van der Waals surface area contributed by atoms with E-state index in [1.54, 1.807) is 36.4 Å². The standard InChI is InChI=1S/C13H10BrNO3/c14-12-7-6-10(18-12)8-11(16)13(17)15-9-4-2-1-3-5-9/h1-7H,8H2,(H,15,17). The molecule has 0 fully saturated rings. The van der Waals surface area contributed by atoms with Gasteiger partial charge in [0.1, 0.15) is 5.76 Å². The van der Waals surface area contributed by atoms with Crippen molar-refractivity contribution >= 4 is 33.3 Å². The van der Waals surface area contributed by atoms with Crippen molar-refractivity contribution in [2.45, 2.75) is 6.42 Å². The first kappa shape index (κ1) is 12.6. The lowest BCUT2D eigenvalue weighted by molar-refractivity contribution is -0.134. The molecule has 1 amide bonds. The van der Waals surface area contributed by atoms with Crippen LogP contribution < -0.4 is 5.32 Å². The van der Waals surface area contributed by atoms with Crippen molar-refractivity contribution < 1.29 is 14.0 Å². The Labute approximate surface area is 112 Å². The van der Waals surface area contributed by atoms with Crippen LogP contribution in [0.3, 0.4) is 0 Å². The summed E-state index contributed by atoms with van der Waals surface area (Å²) in [6, 6.07) is 12.2. The molecule has 0 saturated carbocycles. The molecular formula is C13H10BrNO3. The van der Waals surface area contributed by atoms with Gasteiger partial charge in [0.05, 0.1) is 6.42 Å². The van der Waals surface area contributed by atoms with Gasteiger partial charge in [-0.3, -0.25) is 9.59 Å². The number of ketones is 1. The molecule has 2 aromatic rings. The van der Waals surface area contributed by atoms with Crippen LogP contribution in [0.4, 0.5) is 5.69 Å². The van der Waals surface area contributed by atoms with Crippen molar-refractivity contribution in [1.29, 1.82) is 0 Å². The number of benzene rings is 1. The van der Waals surface area contributed by atoms with Crippen LogP contribution in [0.2, 0.25) is 0 Å². The third-order valence-electron chi connectivity index (χ3n) is 2.25. The van der Waals surface area contributed by atoms with Gasteiger partial charge in [-0.1, -0.05) is 18.2 Å². The quantitative estimate of drug-likeness (QED) is 0.884. The summed E-state index contributed by atoms with van der Waals surface area (Å²) in [6.45, 7) is 0. The molecule has 1 aromatic carbocycles. The first-order valence-corrected chi connectivity index (χ1v) is 6.08. The molecule has 1 aromatic heterocycles. The minimum Gasteiger partial charge on any atom is -0.454 e. The zero-order chi connectivity index (χ0) is 13.0. The number of halogens is 1. The van der Waals surface area contributed by atoms with Gasteiger partial charge in [-0.25, -0.2) is 0 Å². The zero-order valence-corrected chi connectivity index (χ0v) is 10.9. The topological polar surface area (TPSA) is 59.3 Å². The number of para-hydroxylation sites is 1. The number of hydrogen-bond donors (Lipinski definition) is 1. The number of hydrogen-bond acceptors (Lipinski definition) is 3. The summed E-state index contributed by atoms with van der Waals surface area (Å²) >= 11 is 3.13. The molecule has 1 heterocycles. The van der Waals surface area contributed by atoms with E-state index in [1.165, 1.54) is 0 Å². The summed E-state index contributed by atoms with van der Waals surface area (Å²) < 4.78 is 5.71. The minimum absolute atomic E-state index is 0.0513. The summed E-state index contributed by atoms with van der Waals surface area (Å²) in [5.41, 5.74) is 0.594. The number of nitrogens with one attached hydrogen (secondary N) is 1. The van der Waals surface area contributed by atoms with Gasteiger partial charge in [0.2, 0.25) is 5.78 Å². The molecule has 0 aliphatic heterocycles. The molecule has 5 heteroatoms. The Morgan fingerprint density at radius 2 is 1.83 bits per heavy atom. The van der Waals surface area contributed by atoms with E-state index in [0.29, 0.717) is 16.1 Å². The second-order valence-corrected chi connectivity index (χ2v) is 4.41. The summed E-state index contributed by atoms with van der Waals surface area (Å²) in [6.07, 6.45) is -0.0513. The van der Waals surface area contributed by atoms with Gasteiger partial charge in [0.15, 0.2) is 4.67 Å². The Balaban J connectivity index is 1.95. The van der Waals surface area contributed by atoms with E-state index in [9.17, 15) is 9.59 Å². The van der Waals surface area contributed by atoms with Crippen LogP contribution in [0.15, 0.2) is 51.6 Å². The van der Waals surface area contributed by atoms with Crippen LogP contribution >= 0.6 is 15.9 Å². The number of furan rings is 1. The second-order valence-electron chi connectivity index (χ2n) is 3.63. The molecule has 0 aliphatic carbocycles. The van der Waals surface area contributed by atoms with Crippen LogP contribution in [0.25, 0.3) is 0 Å². The Hall–Kier alpha value is -1.88. The Kier molecular flexibility index (Phi) is 3.94. The van der Waals surface area contributed by atoms with Crippen LogP contribution in [0.1, 0.15) is 5.76 Å². The highest BCUT2D eigenvalue weighted by Gasteiger charge is 2.16. The first-order chi connectivity index (χ1) is 8.65. The maximum atomic E-state index is 11.6. The average molecular weight is 308 g/mol. The summed E-state index contributed by atoms with van der Waals surface area (Å²) in [5, 5.41) is 2.53. The maximum absolute atomic E-state index is 11.6. The number of amides is 1. The van der Waals surface area contributed by atoms with Crippen LogP contribution in [-0.4, -0.2) is 11.7 Å².